The molecule has 0 heterocycles. The number of alkyl carbamates (subject to hydrolysis) is 1. The van der Waals surface area contributed by atoms with Gasteiger partial charge in [0.25, 0.3) is 0 Å². The minimum absolute atomic E-state index is 0.0679. The Morgan fingerprint density at radius 2 is 1.85 bits per heavy atom. The van der Waals surface area contributed by atoms with E-state index in [1.165, 1.54) is 0 Å². The summed E-state index contributed by atoms with van der Waals surface area (Å²) in [6.07, 6.45) is -0.199. The van der Waals surface area contributed by atoms with Crippen LogP contribution in [0.5, 0.6) is 0 Å². The molecule has 0 aliphatic rings. The van der Waals surface area contributed by atoms with Crippen molar-refractivity contribution in [2.45, 2.75) is 39.6 Å². The van der Waals surface area contributed by atoms with Crippen molar-refractivity contribution in [3.05, 3.63) is 0 Å². The van der Waals surface area contributed by atoms with E-state index >= 15 is 0 Å². The summed E-state index contributed by atoms with van der Waals surface area (Å²) in [5.41, 5.74) is -0.511. The van der Waals surface area contributed by atoms with Crippen LogP contribution in [0.15, 0.2) is 0 Å². The maximum Gasteiger partial charge on any atom is 0.407 e. The zero-order valence-electron chi connectivity index (χ0n) is 12.6. The van der Waals surface area contributed by atoms with E-state index in [0.29, 0.717) is 32.7 Å². The molecule has 0 fully saturated rings. The van der Waals surface area contributed by atoms with Crippen LogP contribution in [0.25, 0.3) is 0 Å². The Morgan fingerprint density at radius 3 is 2.45 bits per heavy atom. The van der Waals surface area contributed by atoms with Crippen molar-refractivity contribution >= 4 is 12.4 Å². The Kier molecular flexibility index (Phi) is 9.96. The van der Waals surface area contributed by atoms with E-state index in [2.05, 4.69) is 5.32 Å². The van der Waals surface area contributed by atoms with Gasteiger partial charge >= 0.3 is 6.09 Å². The molecule has 0 bridgehead atoms. The van der Waals surface area contributed by atoms with Gasteiger partial charge in [-0.15, -0.1) is 0 Å². The zero-order valence-corrected chi connectivity index (χ0v) is 12.6. The van der Waals surface area contributed by atoms with Crippen molar-refractivity contribution in [3.8, 4) is 0 Å². The van der Waals surface area contributed by atoms with Crippen molar-refractivity contribution in [2.75, 3.05) is 33.0 Å². The van der Waals surface area contributed by atoms with Gasteiger partial charge in [-0.05, 0) is 27.7 Å². The molecule has 118 valence electrons. The number of carbonyl (C=O) groups is 2. The summed E-state index contributed by atoms with van der Waals surface area (Å²) in [7, 11) is 0. The normalized spacial score (nSPS) is 12.8. The minimum atomic E-state index is -0.511. The van der Waals surface area contributed by atoms with Crippen molar-refractivity contribution in [3.63, 3.8) is 0 Å². The van der Waals surface area contributed by atoms with Crippen molar-refractivity contribution < 1.29 is 28.5 Å². The lowest BCUT2D eigenvalue weighted by molar-refractivity contribution is -0.139. The van der Waals surface area contributed by atoms with Gasteiger partial charge in [-0.1, -0.05) is 0 Å². The van der Waals surface area contributed by atoms with Gasteiger partial charge in [0.2, 0.25) is 0 Å². The van der Waals surface area contributed by atoms with Crippen LogP contribution in [0.1, 0.15) is 27.7 Å². The van der Waals surface area contributed by atoms with Gasteiger partial charge < -0.3 is 29.1 Å². The highest BCUT2D eigenvalue weighted by atomic mass is 16.7. The van der Waals surface area contributed by atoms with E-state index < -0.39 is 18.0 Å². The molecule has 7 nitrogen and oxygen atoms in total. The first-order valence-corrected chi connectivity index (χ1v) is 6.56. The Labute approximate surface area is 119 Å². The van der Waals surface area contributed by atoms with Gasteiger partial charge in [0, 0.05) is 6.54 Å². The molecule has 1 unspecified atom stereocenters. The number of nitrogens with one attached hydrogen (secondary N) is 1. The van der Waals surface area contributed by atoms with Crippen LogP contribution in [-0.4, -0.2) is 57.2 Å². The molecular weight excluding hydrogens is 266 g/mol. The molecule has 0 spiro atoms. The van der Waals surface area contributed by atoms with E-state index in [-0.39, 0.29) is 6.61 Å². The fourth-order valence-corrected chi connectivity index (χ4v) is 1.14. The second kappa shape index (κ2) is 10.6. The second-order valence-electron chi connectivity index (χ2n) is 4.98. The Balaban J connectivity index is 3.45. The highest BCUT2D eigenvalue weighted by Gasteiger charge is 2.15. The summed E-state index contributed by atoms with van der Waals surface area (Å²) in [6.45, 7) is 8.53. The highest BCUT2D eigenvalue weighted by molar-refractivity contribution is 5.67. The Morgan fingerprint density at radius 1 is 1.20 bits per heavy atom. The molecule has 0 aromatic heterocycles. The van der Waals surface area contributed by atoms with Gasteiger partial charge in [0.1, 0.15) is 18.5 Å². The topological polar surface area (TPSA) is 83.1 Å². The largest absolute Gasteiger partial charge is 0.444 e. The molecule has 0 saturated carbocycles. The fourth-order valence-electron chi connectivity index (χ4n) is 1.14. The van der Waals surface area contributed by atoms with Crippen LogP contribution in [0.3, 0.4) is 0 Å². The molecule has 0 aliphatic carbocycles. The number of ether oxygens (including phenoxy) is 4. The van der Waals surface area contributed by atoms with Gasteiger partial charge in [-0.25, -0.2) is 4.79 Å². The zero-order chi connectivity index (χ0) is 15.4. The molecule has 7 heteroatoms. The second-order valence-corrected chi connectivity index (χ2v) is 4.98. The molecule has 1 N–H and O–H groups in total. The first kappa shape index (κ1) is 18.8. The van der Waals surface area contributed by atoms with Crippen molar-refractivity contribution in [1.82, 2.24) is 5.32 Å². The average Bonchev–Trinajstić information content (AvgIpc) is 2.32. The molecule has 0 rings (SSSR count). The third-order valence-corrected chi connectivity index (χ3v) is 1.89. The summed E-state index contributed by atoms with van der Waals surface area (Å²) in [5, 5.41) is 2.57. The van der Waals surface area contributed by atoms with Crippen LogP contribution in [0, 0.1) is 0 Å². The highest BCUT2D eigenvalue weighted by Crippen LogP contribution is 2.06. The van der Waals surface area contributed by atoms with E-state index in [0.717, 1.165) is 0 Å². The summed E-state index contributed by atoms with van der Waals surface area (Å²) < 4.78 is 20.6. The molecule has 0 saturated heterocycles. The number of hydrogen-bond acceptors (Lipinski definition) is 6. The molecule has 0 radical (unpaired) electrons. The average molecular weight is 291 g/mol. The number of amides is 1. The number of hydrogen-bond donors (Lipinski definition) is 1. The summed E-state index contributed by atoms with van der Waals surface area (Å²) in [4.78, 5) is 21.3. The van der Waals surface area contributed by atoms with E-state index in [4.69, 9.17) is 18.9 Å². The molecule has 0 aromatic rings. The summed E-state index contributed by atoms with van der Waals surface area (Å²) >= 11 is 0. The Bertz CT molecular complexity index is 277. The lowest BCUT2D eigenvalue weighted by Gasteiger charge is -2.20. The third-order valence-electron chi connectivity index (χ3n) is 1.89. The summed E-state index contributed by atoms with van der Waals surface area (Å²) in [5.74, 6) is 0. The third kappa shape index (κ3) is 13.3. The van der Waals surface area contributed by atoms with Crippen molar-refractivity contribution in [1.29, 1.82) is 0 Å². The number of carbonyl (C=O) groups excluding carboxylic acids is 2. The van der Waals surface area contributed by atoms with Crippen LogP contribution >= 0.6 is 0 Å². The first-order chi connectivity index (χ1) is 9.35. The smallest absolute Gasteiger partial charge is 0.407 e. The number of rotatable bonds is 10. The lowest BCUT2D eigenvalue weighted by Crippen LogP contribution is -2.34. The molecule has 0 aromatic carbocycles. The molecule has 1 atom stereocenters. The summed E-state index contributed by atoms with van der Waals surface area (Å²) in [6, 6.07) is 0. The van der Waals surface area contributed by atoms with Crippen LogP contribution in [0.2, 0.25) is 0 Å². The lowest BCUT2D eigenvalue weighted by atomic mass is 10.2. The maximum absolute atomic E-state index is 11.3. The first-order valence-electron chi connectivity index (χ1n) is 6.56. The van der Waals surface area contributed by atoms with Gasteiger partial charge in [-0.2, -0.15) is 0 Å². The number of aldehydes is 1. The van der Waals surface area contributed by atoms with Gasteiger partial charge in [0.15, 0.2) is 6.29 Å². The minimum Gasteiger partial charge on any atom is -0.444 e. The van der Waals surface area contributed by atoms with Gasteiger partial charge in [-0.3, -0.25) is 0 Å². The predicted molar refractivity (Wildman–Crippen MR) is 72.5 cm³/mol. The van der Waals surface area contributed by atoms with E-state index in [1.807, 2.05) is 0 Å². The van der Waals surface area contributed by atoms with Crippen LogP contribution in [-0.2, 0) is 23.7 Å². The molecule has 1 amide bonds. The predicted octanol–water partition coefficient (Wildman–Crippen LogP) is 1.11. The fraction of sp³-hybridized carbons (Fsp3) is 0.846. The quantitative estimate of drug-likeness (QED) is 0.369. The molecule has 20 heavy (non-hydrogen) atoms. The maximum atomic E-state index is 11.3. The standard InChI is InChI=1S/C13H25NO6/c1-11(19-10-9-17-8-6-15)18-7-5-14-12(16)20-13(2,3)4/h6,11H,5,7-10H2,1-4H3,(H,14,16). The van der Waals surface area contributed by atoms with E-state index in [9.17, 15) is 9.59 Å². The van der Waals surface area contributed by atoms with E-state index in [1.54, 1.807) is 27.7 Å². The SMILES string of the molecule is CC(OCCNC(=O)OC(C)(C)C)OCCOCC=O. The van der Waals surface area contributed by atoms with Crippen LogP contribution in [0.4, 0.5) is 4.79 Å². The molecular formula is C13H25NO6. The molecule has 0 aliphatic heterocycles. The van der Waals surface area contributed by atoms with Gasteiger partial charge in [0.05, 0.1) is 19.8 Å². The van der Waals surface area contributed by atoms with Crippen molar-refractivity contribution in [2.24, 2.45) is 0 Å². The van der Waals surface area contributed by atoms with Crippen LogP contribution < -0.4 is 5.32 Å². The monoisotopic (exact) mass is 291 g/mol. The Hall–Kier alpha value is -1.18.